The van der Waals surface area contributed by atoms with E-state index in [0.717, 1.165) is 6.42 Å². The summed E-state index contributed by atoms with van der Waals surface area (Å²) < 4.78 is 24.3. The molecule has 0 radical (unpaired) electrons. The number of halogens is 2. The van der Waals surface area contributed by atoms with Gasteiger partial charge in [0.15, 0.2) is 0 Å². The van der Waals surface area contributed by atoms with Crippen LogP contribution < -0.4 is 6.15 Å². The molecule has 0 heterocycles. The predicted octanol–water partition coefficient (Wildman–Crippen LogP) is 1.62. The van der Waals surface area contributed by atoms with E-state index in [4.69, 9.17) is 0 Å². The van der Waals surface area contributed by atoms with Crippen molar-refractivity contribution in [3.05, 3.63) is 0 Å². The summed E-state index contributed by atoms with van der Waals surface area (Å²) in [5.74, 6) is -0.188. The minimum atomic E-state index is -1.32. The van der Waals surface area contributed by atoms with Crippen LogP contribution in [0.2, 0.25) is 0 Å². The average molecular weight is 121 g/mol. The van der Waals surface area contributed by atoms with E-state index < -0.39 is 11.8 Å². The standard InChI is InChI=1S/C5H6F2.H3N/c6-4-3-1-2-5(3,4)7;/h3-4H,1-2H2;1H3. The van der Waals surface area contributed by atoms with Gasteiger partial charge in [0.25, 0.3) is 0 Å². The predicted molar refractivity (Wildman–Crippen MR) is 26.5 cm³/mol. The molecule has 2 aliphatic carbocycles. The zero-order valence-electron chi connectivity index (χ0n) is 4.53. The Balaban J connectivity index is 0.000000320. The van der Waals surface area contributed by atoms with E-state index in [1.807, 2.05) is 0 Å². The van der Waals surface area contributed by atoms with Gasteiger partial charge >= 0.3 is 0 Å². The smallest absolute Gasteiger partial charge is 0.148 e. The van der Waals surface area contributed by atoms with Crippen molar-refractivity contribution in [1.82, 2.24) is 6.15 Å². The first-order valence-electron chi connectivity index (χ1n) is 2.58. The Hall–Kier alpha value is -0.180. The third-order valence-electron chi connectivity index (χ3n) is 2.16. The topological polar surface area (TPSA) is 35.0 Å². The molecule has 0 saturated heterocycles. The van der Waals surface area contributed by atoms with E-state index >= 15 is 0 Å². The van der Waals surface area contributed by atoms with Crippen LogP contribution in [0.4, 0.5) is 8.78 Å². The Labute approximate surface area is 46.7 Å². The van der Waals surface area contributed by atoms with Crippen LogP contribution in [0, 0.1) is 5.92 Å². The van der Waals surface area contributed by atoms with Crippen LogP contribution in [0.25, 0.3) is 0 Å². The summed E-state index contributed by atoms with van der Waals surface area (Å²) in [5.41, 5.74) is -1.32. The first-order chi connectivity index (χ1) is 3.25. The number of fused-ring (bicyclic) bond motifs is 1. The van der Waals surface area contributed by atoms with Gasteiger partial charge in [-0.05, 0) is 12.8 Å². The fourth-order valence-electron chi connectivity index (χ4n) is 1.31. The van der Waals surface area contributed by atoms with Gasteiger partial charge in [-0.25, -0.2) is 8.78 Å². The van der Waals surface area contributed by atoms with E-state index in [-0.39, 0.29) is 12.1 Å². The van der Waals surface area contributed by atoms with E-state index in [9.17, 15) is 8.78 Å². The van der Waals surface area contributed by atoms with Gasteiger partial charge in [0.05, 0.1) is 0 Å². The molecule has 2 rings (SSSR count). The van der Waals surface area contributed by atoms with Crippen LogP contribution in [-0.4, -0.2) is 11.8 Å². The highest BCUT2D eigenvalue weighted by atomic mass is 19.2. The minimum absolute atomic E-state index is 0. The molecular weight excluding hydrogens is 112 g/mol. The van der Waals surface area contributed by atoms with E-state index in [2.05, 4.69) is 0 Å². The lowest BCUT2D eigenvalue weighted by Gasteiger charge is -2.12. The molecule has 0 bridgehead atoms. The molecule has 0 spiro atoms. The second kappa shape index (κ2) is 1.21. The van der Waals surface area contributed by atoms with Gasteiger partial charge in [-0.1, -0.05) is 0 Å². The molecule has 2 saturated carbocycles. The zero-order valence-corrected chi connectivity index (χ0v) is 4.53. The summed E-state index contributed by atoms with van der Waals surface area (Å²) in [6.45, 7) is 0. The highest BCUT2D eigenvalue weighted by molar-refractivity contribution is 5.21. The van der Waals surface area contributed by atoms with Gasteiger partial charge in [-0.2, -0.15) is 0 Å². The summed E-state index contributed by atoms with van der Waals surface area (Å²) >= 11 is 0. The zero-order chi connectivity index (χ0) is 5.07. The highest BCUT2D eigenvalue weighted by Crippen LogP contribution is 2.64. The normalized spacial score (nSPS) is 57.8. The maximum atomic E-state index is 12.3. The Kier molecular flexibility index (Phi) is 0.899. The first kappa shape index (κ1) is 5.95. The molecule has 3 atom stereocenters. The van der Waals surface area contributed by atoms with E-state index in [1.165, 1.54) is 0 Å². The third-order valence-corrected chi connectivity index (χ3v) is 2.16. The molecule has 3 N–H and O–H groups in total. The van der Waals surface area contributed by atoms with Crippen molar-refractivity contribution in [3.8, 4) is 0 Å². The highest BCUT2D eigenvalue weighted by Gasteiger charge is 2.73. The van der Waals surface area contributed by atoms with Crippen LogP contribution in [0.3, 0.4) is 0 Å². The van der Waals surface area contributed by atoms with Crippen LogP contribution in [-0.2, 0) is 0 Å². The maximum absolute atomic E-state index is 12.3. The molecule has 0 aromatic rings. The summed E-state index contributed by atoms with van der Waals surface area (Å²) in [5, 5.41) is 0. The van der Waals surface area contributed by atoms with Gasteiger partial charge in [0.1, 0.15) is 11.8 Å². The van der Waals surface area contributed by atoms with E-state index in [0.29, 0.717) is 6.42 Å². The van der Waals surface area contributed by atoms with E-state index in [1.54, 1.807) is 0 Å². The quantitative estimate of drug-likeness (QED) is 0.519. The SMILES string of the molecule is FC1C2CCC12F.N. The number of hydrogen-bond donors (Lipinski definition) is 1. The molecule has 2 aliphatic rings. The van der Waals surface area contributed by atoms with Gasteiger partial charge in [-0.3, -0.25) is 0 Å². The summed E-state index contributed by atoms with van der Waals surface area (Å²) in [7, 11) is 0. The Morgan fingerprint density at radius 1 is 1.50 bits per heavy atom. The molecule has 2 fully saturated rings. The molecule has 0 aliphatic heterocycles. The van der Waals surface area contributed by atoms with Crippen LogP contribution in [0.5, 0.6) is 0 Å². The lowest BCUT2D eigenvalue weighted by molar-refractivity contribution is 0.175. The third kappa shape index (κ3) is 0.344. The molecule has 48 valence electrons. The average Bonchev–Trinajstić information content (AvgIpc) is 1.86. The number of hydrogen-bond acceptors (Lipinski definition) is 1. The largest absolute Gasteiger partial charge is 0.344 e. The summed E-state index contributed by atoms with van der Waals surface area (Å²) in [4.78, 5) is 0. The van der Waals surface area contributed by atoms with Crippen molar-refractivity contribution >= 4 is 0 Å². The molecule has 8 heavy (non-hydrogen) atoms. The second-order valence-corrected chi connectivity index (χ2v) is 2.47. The van der Waals surface area contributed by atoms with Crippen molar-refractivity contribution in [3.63, 3.8) is 0 Å². The lowest BCUT2D eigenvalue weighted by Crippen LogP contribution is -2.14. The Bertz CT molecular complexity index is 111. The Morgan fingerprint density at radius 3 is 2.00 bits per heavy atom. The number of alkyl halides is 2. The molecule has 3 unspecified atom stereocenters. The van der Waals surface area contributed by atoms with Crippen molar-refractivity contribution < 1.29 is 8.78 Å². The first-order valence-corrected chi connectivity index (χ1v) is 2.58. The molecule has 1 nitrogen and oxygen atoms in total. The lowest BCUT2D eigenvalue weighted by atomic mass is 9.98. The summed E-state index contributed by atoms with van der Waals surface area (Å²) in [6.07, 6.45) is 0.156. The van der Waals surface area contributed by atoms with Gasteiger partial charge < -0.3 is 6.15 Å². The minimum Gasteiger partial charge on any atom is -0.344 e. The molecule has 0 aromatic heterocycles. The van der Waals surface area contributed by atoms with Gasteiger partial charge in [0, 0.05) is 5.92 Å². The van der Waals surface area contributed by atoms with Crippen molar-refractivity contribution in [2.75, 3.05) is 0 Å². The fourth-order valence-corrected chi connectivity index (χ4v) is 1.31. The second-order valence-electron chi connectivity index (χ2n) is 2.47. The van der Waals surface area contributed by atoms with Crippen LogP contribution in [0.1, 0.15) is 12.8 Å². The van der Waals surface area contributed by atoms with Crippen molar-refractivity contribution in [2.24, 2.45) is 5.92 Å². The molecule has 3 heteroatoms. The Morgan fingerprint density at radius 2 is 2.00 bits per heavy atom. The van der Waals surface area contributed by atoms with Crippen LogP contribution >= 0.6 is 0 Å². The van der Waals surface area contributed by atoms with Crippen molar-refractivity contribution in [1.29, 1.82) is 0 Å². The van der Waals surface area contributed by atoms with Gasteiger partial charge in [-0.15, -0.1) is 0 Å². The molecule has 0 aromatic carbocycles. The molecular formula is C5H9F2N. The fraction of sp³-hybridized carbons (Fsp3) is 1.00. The molecule has 0 amide bonds. The summed E-state index contributed by atoms with van der Waals surface area (Å²) in [6, 6.07) is 0. The van der Waals surface area contributed by atoms with Crippen LogP contribution in [0.15, 0.2) is 0 Å². The monoisotopic (exact) mass is 121 g/mol. The van der Waals surface area contributed by atoms with Gasteiger partial charge in [0.2, 0.25) is 0 Å². The maximum Gasteiger partial charge on any atom is 0.148 e. The number of rotatable bonds is 0. The van der Waals surface area contributed by atoms with Crippen molar-refractivity contribution in [2.45, 2.75) is 24.7 Å².